The maximum atomic E-state index is 11.9. The molecule has 0 saturated carbocycles. The summed E-state index contributed by atoms with van der Waals surface area (Å²) in [5.41, 5.74) is -1.00. The van der Waals surface area contributed by atoms with Crippen LogP contribution in [0.25, 0.3) is 0 Å². The molecule has 0 aromatic carbocycles. The molecule has 76 valence electrons. The van der Waals surface area contributed by atoms with Crippen LogP contribution in [0.1, 0.15) is 22.0 Å². The number of carbonyl (C=O) groups excluding carboxylic acids is 1. The Morgan fingerprint density at radius 3 is 2.19 bits per heavy atom. The molecule has 0 bridgehead atoms. The Morgan fingerprint density at radius 2 is 1.88 bits per heavy atom. The minimum absolute atomic E-state index is 0. The molecule has 0 fully saturated rings. The van der Waals surface area contributed by atoms with Gasteiger partial charge in [0.1, 0.15) is 12.1 Å². The van der Waals surface area contributed by atoms with Crippen molar-refractivity contribution in [1.82, 2.24) is 9.97 Å². The first kappa shape index (κ1) is 15.3. The number of ketones is 1. The van der Waals surface area contributed by atoms with Gasteiger partial charge in [0.15, 0.2) is 17.2 Å². The third-order valence-electron chi connectivity index (χ3n) is 1.39. The van der Waals surface area contributed by atoms with Crippen molar-refractivity contribution in [2.75, 3.05) is 0 Å². The Kier molecular flexibility index (Phi) is 5.32. The number of nitrogens with zero attached hydrogens (tertiary/aromatic N) is 3. The van der Waals surface area contributed by atoms with Gasteiger partial charge in [-0.15, -0.1) is 0 Å². The number of hydrogen-bond donors (Lipinski definition) is 1. The van der Waals surface area contributed by atoms with Crippen LogP contribution in [0.15, 0.2) is 0 Å². The van der Waals surface area contributed by atoms with Gasteiger partial charge in [0.2, 0.25) is 0 Å². The summed E-state index contributed by atoms with van der Waals surface area (Å²) in [6.45, 7) is 0. The summed E-state index contributed by atoms with van der Waals surface area (Å²) in [4.78, 5) is 15.5. The van der Waals surface area contributed by atoms with E-state index in [1.54, 1.807) is 0 Å². The van der Waals surface area contributed by atoms with Crippen molar-refractivity contribution in [3.63, 3.8) is 0 Å². The fraction of sp³-hybridized carbons (Fsp3) is 0.143. The number of hydrogen-bond acceptors (Lipinski definition) is 4. The second-order valence-electron chi connectivity index (χ2n) is 2.36. The Morgan fingerprint density at radius 1 is 1.31 bits per heavy atom. The van der Waals surface area contributed by atoms with E-state index in [4.69, 9.17) is 10.5 Å². The zero-order chi connectivity index (χ0) is 11.6. The van der Waals surface area contributed by atoms with Crippen LogP contribution in [0, 0.1) is 22.7 Å². The number of halogens is 3. The zero-order valence-electron chi connectivity index (χ0n) is 7.88. The number of H-pyrrole nitrogens is 1. The molecule has 16 heavy (non-hydrogen) atoms. The molecule has 0 amide bonds. The molecule has 1 heterocycles. The first-order chi connectivity index (χ1) is 6.90. The molecular formula is C7HF3KN4O+. The summed E-state index contributed by atoms with van der Waals surface area (Å²) in [5.74, 6) is -3.28. The van der Waals surface area contributed by atoms with E-state index in [1.165, 1.54) is 12.1 Å². The van der Waals surface area contributed by atoms with Gasteiger partial charge in [-0.3, -0.25) is 4.79 Å². The van der Waals surface area contributed by atoms with Crippen molar-refractivity contribution in [3.05, 3.63) is 17.2 Å². The molecule has 1 aromatic heterocycles. The molecule has 0 aliphatic carbocycles. The van der Waals surface area contributed by atoms with Gasteiger partial charge in [-0.2, -0.15) is 23.7 Å². The van der Waals surface area contributed by atoms with E-state index in [0.717, 1.165) is 0 Å². The van der Waals surface area contributed by atoms with Crippen LogP contribution in [0.2, 0.25) is 0 Å². The molecule has 0 spiro atoms. The van der Waals surface area contributed by atoms with Gasteiger partial charge < -0.3 is 4.98 Å². The Bertz CT molecular complexity index is 462. The Balaban J connectivity index is 0.00000225. The van der Waals surface area contributed by atoms with Gasteiger partial charge in [0.05, 0.1) is 0 Å². The summed E-state index contributed by atoms with van der Waals surface area (Å²) in [6, 6.07) is 2.80. The first-order valence-electron chi connectivity index (χ1n) is 3.42. The number of nitriles is 2. The zero-order valence-corrected chi connectivity index (χ0v) is 11.0. The van der Waals surface area contributed by atoms with Crippen LogP contribution in [0.3, 0.4) is 0 Å². The Hall–Kier alpha value is -0.714. The van der Waals surface area contributed by atoms with Crippen LogP contribution in [-0.4, -0.2) is 21.9 Å². The SMILES string of the molecule is N#Cc1nc(C(=O)C(F)(F)F)[nH]c1C#N.[K+]. The van der Waals surface area contributed by atoms with Gasteiger partial charge in [0, 0.05) is 0 Å². The molecule has 1 N–H and O–H groups in total. The molecule has 0 unspecified atom stereocenters. The molecule has 0 saturated heterocycles. The predicted molar refractivity (Wildman–Crippen MR) is 38.4 cm³/mol. The molecule has 0 radical (unpaired) electrons. The summed E-state index contributed by atoms with van der Waals surface area (Å²) in [5, 5.41) is 16.8. The number of aromatic nitrogens is 2. The van der Waals surface area contributed by atoms with Gasteiger partial charge in [-0.25, -0.2) is 4.98 Å². The number of alkyl halides is 3. The third kappa shape index (κ3) is 3.14. The van der Waals surface area contributed by atoms with E-state index < -0.39 is 29.2 Å². The van der Waals surface area contributed by atoms with Crippen molar-refractivity contribution < 1.29 is 69.4 Å². The largest absolute Gasteiger partial charge is 1.00 e. The molecule has 9 heteroatoms. The topological polar surface area (TPSA) is 93.3 Å². The van der Waals surface area contributed by atoms with Gasteiger partial charge >= 0.3 is 63.3 Å². The maximum absolute atomic E-state index is 11.9. The predicted octanol–water partition coefficient (Wildman–Crippen LogP) is -2.10. The minimum atomic E-state index is -5.09. The average molecular weight is 253 g/mol. The number of aromatic amines is 1. The number of rotatable bonds is 1. The average Bonchev–Trinajstić information content (AvgIpc) is 2.57. The van der Waals surface area contributed by atoms with E-state index >= 15 is 0 Å². The van der Waals surface area contributed by atoms with E-state index in [2.05, 4.69) is 4.98 Å². The van der Waals surface area contributed by atoms with Crippen molar-refractivity contribution in [3.8, 4) is 12.1 Å². The van der Waals surface area contributed by atoms with Gasteiger partial charge in [0.25, 0.3) is 0 Å². The molecule has 1 aromatic rings. The quantitative estimate of drug-likeness (QED) is 0.458. The molecule has 5 nitrogen and oxygen atoms in total. The fourth-order valence-corrected chi connectivity index (χ4v) is 0.777. The van der Waals surface area contributed by atoms with E-state index in [9.17, 15) is 18.0 Å². The van der Waals surface area contributed by atoms with E-state index in [1.807, 2.05) is 4.98 Å². The fourth-order valence-electron chi connectivity index (χ4n) is 0.777. The maximum Gasteiger partial charge on any atom is 1.00 e. The van der Waals surface area contributed by atoms with Gasteiger partial charge in [-0.05, 0) is 0 Å². The normalized spacial score (nSPS) is 9.81. The molecular weight excluding hydrogens is 252 g/mol. The second-order valence-corrected chi connectivity index (χ2v) is 2.36. The second kappa shape index (κ2) is 5.57. The van der Waals surface area contributed by atoms with Crippen molar-refractivity contribution in [2.45, 2.75) is 6.18 Å². The number of nitrogens with one attached hydrogen (secondary N) is 1. The summed E-state index contributed by atoms with van der Waals surface area (Å²) in [6.07, 6.45) is -5.09. The smallest absolute Gasteiger partial charge is 0.326 e. The molecule has 0 atom stereocenters. The number of carbonyl (C=O) groups is 1. The third-order valence-corrected chi connectivity index (χ3v) is 1.39. The monoisotopic (exact) mass is 253 g/mol. The molecule has 0 aliphatic rings. The van der Waals surface area contributed by atoms with Crippen molar-refractivity contribution in [2.24, 2.45) is 0 Å². The van der Waals surface area contributed by atoms with Crippen LogP contribution in [-0.2, 0) is 0 Å². The summed E-state index contributed by atoms with van der Waals surface area (Å²) in [7, 11) is 0. The summed E-state index contributed by atoms with van der Waals surface area (Å²) < 4.78 is 35.7. The van der Waals surface area contributed by atoms with Crippen molar-refractivity contribution in [1.29, 1.82) is 10.5 Å². The Labute approximate surface area is 130 Å². The van der Waals surface area contributed by atoms with Crippen LogP contribution in [0.5, 0.6) is 0 Å². The molecule has 1 rings (SSSR count). The summed E-state index contributed by atoms with van der Waals surface area (Å²) >= 11 is 0. The van der Waals surface area contributed by atoms with E-state index in [0.29, 0.717) is 0 Å². The first-order valence-corrected chi connectivity index (χ1v) is 3.42. The van der Waals surface area contributed by atoms with Crippen molar-refractivity contribution >= 4 is 5.78 Å². The number of imidazole rings is 1. The van der Waals surface area contributed by atoms with Crippen LogP contribution in [0.4, 0.5) is 13.2 Å². The number of Topliss-reactive ketones (excluding diaryl/α,β-unsaturated/α-hetero) is 1. The van der Waals surface area contributed by atoms with Crippen LogP contribution < -0.4 is 51.4 Å². The minimum Gasteiger partial charge on any atom is -0.326 e. The van der Waals surface area contributed by atoms with Gasteiger partial charge in [-0.1, -0.05) is 0 Å². The molecule has 0 aliphatic heterocycles. The standard InChI is InChI=1S/C7HF3N4O.K/c8-7(9,10)5(15)6-13-3(1-11)4(2-12)14-6;/h(H,13,14);/q;+1. The van der Waals surface area contributed by atoms with E-state index in [-0.39, 0.29) is 51.4 Å². The van der Waals surface area contributed by atoms with Crippen LogP contribution >= 0.6 is 0 Å².